The number of aromatic amines is 1. The minimum Gasteiger partial charge on any atom is -0.361 e. The molecule has 3 heterocycles. The zero-order valence-corrected chi connectivity index (χ0v) is 24.8. The van der Waals surface area contributed by atoms with Gasteiger partial charge < -0.3 is 31.2 Å². The van der Waals surface area contributed by atoms with Crippen LogP contribution in [0, 0.1) is 5.92 Å². The van der Waals surface area contributed by atoms with Crippen molar-refractivity contribution in [2.45, 2.75) is 89.1 Å². The van der Waals surface area contributed by atoms with Gasteiger partial charge in [0.1, 0.15) is 24.2 Å². The van der Waals surface area contributed by atoms with E-state index in [0.29, 0.717) is 25.8 Å². The van der Waals surface area contributed by atoms with E-state index >= 15 is 0 Å². The molecule has 11 nitrogen and oxygen atoms in total. The topological polar surface area (TPSA) is 152 Å². The number of hydrogen-bond donors (Lipinski definition) is 5. The van der Waals surface area contributed by atoms with Gasteiger partial charge in [0.25, 0.3) is 0 Å². The summed E-state index contributed by atoms with van der Waals surface area (Å²) >= 11 is 0. The fraction of sp³-hybridized carbons (Fsp3) is 0.567. The van der Waals surface area contributed by atoms with Crippen LogP contribution in [0.4, 0.5) is 13.2 Å². The largest absolute Gasteiger partial charge is 0.471 e. The maximum atomic E-state index is 13.8. The molecule has 5 N–H and O–H groups in total. The third-order valence-corrected chi connectivity index (χ3v) is 8.44. The van der Waals surface area contributed by atoms with Crippen molar-refractivity contribution in [1.82, 2.24) is 31.2 Å². The van der Waals surface area contributed by atoms with Gasteiger partial charge in [-0.1, -0.05) is 38.5 Å². The second-order valence-corrected chi connectivity index (χ2v) is 11.5. The number of alkyl halides is 3. The number of para-hydroxylation sites is 1. The van der Waals surface area contributed by atoms with E-state index in [9.17, 15) is 37.1 Å². The molecule has 0 saturated carbocycles. The Morgan fingerprint density at radius 2 is 1.73 bits per heavy atom. The number of unbranched alkanes of at least 4 members (excludes halogenated alkanes) is 1. The highest BCUT2D eigenvalue weighted by molar-refractivity contribution is 5.98. The highest BCUT2D eigenvalue weighted by Gasteiger charge is 2.42. The van der Waals surface area contributed by atoms with Gasteiger partial charge in [-0.3, -0.25) is 24.0 Å². The number of carbonyl (C=O) groups is 5. The van der Waals surface area contributed by atoms with Crippen LogP contribution in [0.1, 0.15) is 57.9 Å². The number of halogens is 3. The average Bonchev–Trinajstić information content (AvgIpc) is 3.64. The molecule has 1 aromatic carbocycles. The zero-order valence-electron chi connectivity index (χ0n) is 24.8. The summed E-state index contributed by atoms with van der Waals surface area (Å²) in [6, 6.07) is 3.54. The summed E-state index contributed by atoms with van der Waals surface area (Å²) in [7, 11) is 0. The number of nitrogens with one attached hydrogen (secondary N) is 5. The van der Waals surface area contributed by atoms with Crippen molar-refractivity contribution in [3.63, 3.8) is 0 Å². The van der Waals surface area contributed by atoms with E-state index in [0.717, 1.165) is 16.5 Å². The standard InChI is InChI=1S/C30H39F3N6O5/c1-3-17(2)24-28(43)39-14-8-12-23(39)27(42)36-21(11-6-7-13-34-29(44)30(31,32)33)25(40)37-22(26(41)38-24)15-18-16-35-20-10-5-4-9-19(18)20/h4-5,9-10,16-17,21-24,35H,3,6-8,11-15H2,1-2H3,(H,34,44)(H,36,42)(H,37,40)(H,38,41)/t17-,21-,22-,23+,24-/m0/s1. The maximum Gasteiger partial charge on any atom is 0.471 e. The molecule has 240 valence electrons. The van der Waals surface area contributed by atoms with E-state index in [1.54, 1.807) is 11.5 Å². The summed E-state index contributed by atoms with van der Waals surface area (Å²) in [6.07, 6.45) is -1.25. The highest BCUT2D eigenvalue weighted by atomic mass is 19.4. The number of rotatable bonds is 9. The SMILES string of the molecule is CC[C@H](C)[C@@H]1NC(=O)[C@H](Cc2c[nH]c3ccccc23)NC(=O)[C@H](CCCCNC(=O)C(F)(F)F)NC(=O)[C@H]2CCCN2C1=O. The average molecular weight is 621 g/mol. The van der Waals surface area contributed by atoms with Gasteiger partial charge in [0, 0.05) is 36.6 Å². The van der Waals surface area contributed by atoms with E-state index in [1.807, 2.05) is 38.1 Å². The molecular formula is C30H39F3N6O5. The van der Waals surface area contributed by atoms with Crippen LogP contribution in [0.15, 0.2) is 30.5 Å². The minimum atomic E-state index is -5.00. The third-order valence-electron chi connectivity index (χ3n) is 8.44. The van der Waals surface area contributed by atoms with Gasteiger partial charge in [0.2, 0.25) is 23.6 Å². The molecule has 5 atom stereocenters. The Morgan fingerprint density at radius 1 is 1.02 bits per heavy atom. The van der Waals surface area contributed by atoms with E-state index in [1.165, 1.54) is 4.90 Å². The molecule has 2 aliphatic heterocycles. The summed E-state index contributed by atoms with van der Waals surface area (Å²) in [5.74, 6) is -4.34. The first kappa shape index (κ1) is 32.8. The Morgan fingerprint density at radius 3 is 2.45 bits per heavy atom. The molecule has 1 aromatic heterocycles. The third kappa shape index (κ3) is 7.69. The van der Waals surface area contributed by atoms with Crippen LogP contribution in [0.25, 0.3) is 10.9 Å². The molecule has 0 aliphatic carbocycles. The molecule has 2 aromatic rings. The van der Waals surface area contributed by atoms with Crippen molar-refractivity contribution in [3.8, 4) is 0 Å². The van der Waals surface area contributed by atoms with E-state index in [4.69, 9.17) is 0 Å². The first-order chi connectivity index (χ1) is 20.9. The molecule has 14 heteroatoms. The Kier molecular flexibility index (Phi) is 10.5. The summed E-state index contributed by atoms with van der Waals surface area (Å²) < 4.78 is 37.5. The maximum absolute atomic E-state index is 13.8. The lowest BCUT2D eigenvalue weighted by Crippen LogP contribution is -2.62. The van der Waals surface area contributed by atoms with Crippen LogP contribution in [-0.4, -0.2) is 82.9 Å². The van der Waals surface area contributed by atoms with Crippen LogP contribution >= 0.6 is 0 Å². The molecular weight excluding hydrogens is 581 g/mol. The van der Waals surface area contributed by atoms with Gasteiger partial charge in [0.05, 0.1) is 0 Å². The van der Waals surface area contributed by atoms with Crippen LogP contribution < -0.4 is 21.3 Å². The number of aromatic nitrogens is 1. The summed E-state index contributed by atoms with van der Waals surface area (Å²) in [5, 5.41) is 11.0. The lowest BCUT2D eigenvalue weighted by molar-refractivity contribution is -0.173. The highest BCUT2D eigenvalue weighted by Crippen LogP contribution is 2.24. The predicted octanol–water partition coefficient (Wildman–Crippen LogP) is 2.06. The number of carbonyl (C=O) groups excluding carboxylic acids is 5. The molecule has 2 fully saturated rings. The first-order valence-electron chi connectivity index (χ1n) is 15.0. The molecule has 0 unspecified atom stereocenters. The van der Waals surface area contributed by atoms with Gasteiger partial charge in [0.15, 0.2) is 0 Å². The Balaban J connectivity index is 1.59. The predicted molar refractivity (Wildman–Crippen MR) is 155 cm³/mol. The van der Waals surface area contributed by atoms with Crippen molar-refractivity contribution in [1.29, 1.82) is 0 Å². The molecule has 5 amide bonds. The van der Waals surface area contributed by atoms with Crippen LogP contribution in [0.2, 0.25) is 0 Å². The van der Waals surface area contributed by atoms with Gasteiger partial charge in [-0.05, 0) is 49.7 Å². The lowest BCUT2D eigenvalue weighted by Gasteiger charge is -2.34. The Bertz CT molecular complexity index is 1380. The van der Waals surface area contributed by atoms with Gasteiger partial charge >= 0.3 is 12.1 Å². The number of nitrogens with zero attached hydrogens (tertiary/aromatic N) is 1. The minimum absolute atomic E-state index is 0.0387. The second-order valence-electron chi connectivity index (χ2n) is 11.5. The van der Waals surface area contributed by atoms with E-state index in [2.05, 4.69) is 20.9 Å². The molecule has 2 saturated heterocycles. The van der Waals surface area contributed by atoms with Gasteiger partial charge in [-0.2, -0.15) is 13.2 Å². The quantitative estimate of drug-likeness (QED) is 0.272. The second kappa shape index (κ2) is 14.1. The van der Waals surface area contributed by atoms with Gasteiger partial charge in [-0.15, -0.1) is 0 Å². The fourth-order valence-corrected chi connectivity index (χ4v) is 5.73. The van der Waals surface area contributed by atoms with Crippen molar-refractivity contribution >= 4 is 40.4 Å². The van der Waals surface area contributed by atoms with Crippen molar-refractivity contribution in [3.05, 3.63) is 36.0 Å². The van der Waals surface area contributed by atoms with Crippen LogP contribution in [-0.2, 0) is 30.4 Å². The molecule has 2 aliphatic rings. The Hall–Kier alpha value is -4.10. The van der Waals surface area contributed by atoms with Crippen molar-refractivity contribution in [2.24, 2.45) is 5.92 Å². The van der Waals surface area contributed by atoms with E-state index in [-0.39, 0.29) is 44.1 Å². The number of fused-ring (bicyclic) bond motifs is 2. The lowest BCUT2D eigenvalue weighted by atomic mass is 9.95. The zero-order chi connectivity index (χ0) is 32.0. The molecule has 0 spiro atoms. The molecule has 44 heavy (non-hydrogen) atoms. The molecule has 0 bridgehead atoms. The van der Waals surface area contributed by atoms with Crippen molar-refractivity contribution < 1.29 is 37.1 Å². The number of H-pyrrole nitrogens is 1. The van der Waals surface area contributed by atoms with Crippen LogP contribution in [0.3, 0.4) is 0 Å². The summed E-state index contributed by atoms with van der Waals surface area (Å²) in [4.78, 5) is 70.4. The summed E-state index contributed by atoms with van der Waals surface area (Å²) in [5.41, 5.74) is 1.61. The first-order valence-corrected chi connectivity index (χ1v) is 15.0. The van der Waals surface area contributed by atoms with Crippen molar-refractivity contribution in [2.75, 3.05) is 13.1 Å². The van der Waals surface area contributed by atoms with Gasteiger partial charge in [-0.25, -0.2) is 0 Å². The Labute approximate surface area is 253 Å². The molecule has 4 rings (SSSR count). The molecule has 0 radical (unpaired) electrons. The number of benzene rings is 1. The van der Waals surface area contributed by atoms with Crippen LogP contribution in [0.5, 0.6) is 0 Å². The monoisotopic (exact) mass is 620 g/mol. The summed E-state index contributed by atoms with van der Waals surface area (Å²) in [6.45, 7) is 3.81. The normalized spacial score (nSPS) is 24.1. The number of amides is 5. The van der Waals surface area contributed by atoms with E-state index < -0.39 is 54.0 Å². The smallest absolute Gasteiger partial charge is 0.361 e. The number of hydrogen-bond acceptors (Lipinski definition) is 5. The fourth-order valence-electron chi connectivity index (χ4n) is 5.73.